The Morgan fingerprint density at radius 2 is 1.91 bits per heavy atom. The molecule has 5 heteroatoms. The Bertz CT molecular complexity index is 446. The lowest BCUT2D eigenvalue weighted by atomic mass is 10.1. The van der Waals surface area contributed by atoms with Crippen molar-refractivity contribution in [3.8, 4) is 0 Å². The normalized spacial score (nSPS) is 19.7. The molecule has 2 rings (SSSR count). The molecule has 1 saturated heterocycles. The van der Waals surface area contributed by atoms with E-state index in [0.717, 1.165) is 43.1 Å². The summed E-state index contributed by atoms with van der Waals surface area (Å²) >= 11 is 5.89. The summed E-state index contributed by atoms with van der Waals surface area (Å²) < 4.78 is 11.4. The van der Waals surface area contributed by atoms with Crippen molar-refractivity contribution in [2.75, 3.05) is 32.8 Å². The molecule has 1 heterocycles. The van der Waals surface area contributed by atoms with E-state index in [-0.39, 0.29) is 6.10 Å². The monoisotopic (exact) mass is 341 g/mol. The maximum atomic E-state index is 10.2. The van der Waals surface area contributed by atoms with Crippen molar-refractivity contribution in [3.05, 3.63) is 34.9 Å². The van der Waals surface area contributed by atoms with Crippen molar-refractivity contribution in [1.29, 1.82) is 0 Å². The van der Waals surface area contributed by atoms with Crippen molar-refractivity contribution in [1.82, 2.24) is 4.90 Å². The summed E-state index contributed by atoms with van der Waals surface area (Å²) in [5.74, 6) is 0. The van der Waals surface area contributed by atoms with Gasteiger partial charge < -0.3 is 19.5 Å². The summed E-state index contributed by atoms with van der Waals surface area (Å²) in [6, 6.07) is 7.63. The van der Waals surface area contributed by atoms with E-state index >= 15 is 0 Å². The number of likely N-dealkylation sites (tertiary alicyclic amines) is 1. The number of β-amino-alcohol motifs (C(OH)–C–C–N with tert-alkyl or cyclic N) is 1. The van der Waals surface area contributed by atoms with Crippen molar-refractivity contribution in [2.45, 2.75) is 45.0 Å². The van der Waals surface area contributed by atoms with Gasteiger partial charge in [0.2, 0.25) is 0 Å². The van der Waals surface area contributed by atoms with Gasteiger partial charge in [-0.05, 0) is 44.4 Å². The van der Waals surface area contributed by atoms with Crippen LogP contribution in [0, 0.1) is 0 Å². The molecule has 4 nitrogen and oxygen atoms in total. The molecule has 0 bridgehead atoms. The van der Waals surface area contributed by atoms with Crippen molar-refractivity contribution >= 4 is 11.6 Å². The van der Waals surface area contributed by atoms with Crippen LogP contribution in [-0.4, -0.2) is 55.1 Å². The molecule has 0 aliphatic carbocycles. The third-order valence-electron chi connectivity index (χ3n) is 4.28. The average Bonchev–Trinajstić information content (AvgIpc) is 2.55. The SMILES string of the molecule is CCOC1CCN(CC(O)COC(C)c2ccc(Cl)cc2)CC1. The van der Waals surface area contributed by atoms with Crippen LogP contribution < -0.4 is 0 Å². The highest BCUT2D eigenvalue weighted by molar-refractivity contribution is 6.30. The van der Waals surface area contributed by atoms with Gasteiger partial charge in [-0.25, -0.2) is 0 Å². The fourth-order valence-electron chi connectivity index (χ4n) is 2.93. The molecule has 0 aromatic heterocycles. The Balaban J connectivity index is 1.67. The number of ether oxygens (including phenoxy) is 2. The van der Waals surface area contributed by atoms with Crippen LogP contribution in [0.5, 0.6) is 0 Å². The lowest BCUT2D eigenvalue weighted by molar-refractivity contribution is -0.0306. The highest BCUT2D eigenvalue weighted by atomic mass is 35.5. The zero-order chi connectivity index (χ0) is 16.7. The van der Waals surface area contributed by atoms with Gasteiger partial charge >= 0.3 is 0 Å². The summed E-state index contributed by atoms with van der Waals surface area (Å²) in [5, 5.41) is 10.9. The molecule has 1 aliphatic heterocycles. The number of halogens is 1. The zero-order valence-electron chi connectivity index (χ0n) is 14.1. The first-order valence-electron chi connectivity index (χ1n) is 8.47. The minimum atomic E-state index is -0.464. The van der Waals surface area contributed by atoms with Gasteiger partial charge in [-0.2, -0.15) is 0 Å². The smallest absolute Gasteiger partial charge is 0.0900 e. The molecule has 0 amide bonds. The van der Waals surface area contributed by atoms with Crippen LogP contribution in [0.2, 0.25) is 5.02 Å². The fourth-order valence-corrected chi connectivity index (χ4v) is 3.06. The first-order chi connectivity index (χ1) is 11.1. The lowest BCUT2D eigenvalue weighted by Crippen LogP contribution is -2.42. The molecule has 0 spiro atoms. The summed E-state index contributed by atoms with van der Waals surface area (Å²) in [6.45, 7) is 7.77. The Labute approximate surface area is 144 Å². The van der Waals surface area contributed by atoms with E-state index in [1.54, 1.807) is 0 Å². The number of aliphatic hydroxyl groups is 1. The van der Waals surface area contributed by atoms with Crippen LogP contribution in [0.15, 0.2) is 24.3 Å². The van der Waals surface area contributed by atoms with Crippen LogP contribution >= 0.6 is 11.6 Å². The van der Waals surface area contributed by atoms with Gasteiger partial charge in [0.05, 0.1) is 24.9 Å². The molecule has 2 unspecified atom stereocenters. The topological polar surface area (TPSA) is 41.9 Å². The Morgan fingerprint density at radius 1 is 1.26 bits per heavy atom. The molecule has 0 saturated carbocycles. The van der Waals surface area contributed by atoms with E-state index < -0.39 is 6.10 Å². The van der Waals surface area contributed by atoms with Crippen LogP contribution in [0.25, 0.3) is 0 Å². The van der Waals surface area contributed by atoms with Crippen LogP contribution in [0.4, 0.5) is 0 Å². The van der Waals surface area contributed by atoms with Gasteiger partial charge in [0.25, 0.3) is 0 Å². The van der Waals surface area contributed by atoms with E-state index in [1.807, 2.05) is 38.1 Å². The largest absolute Gasteiger partial charge is 0.389 e. The standard InChI is InChI=1S/C18H28ClNO3/c1-3-22-18-8-10-20(11-9-18)12-17(21)13-23-14(2)15-4-6-16(19)7-5-15/h4-7,14,17-18,21H,3,8-13H2,1-2H3. The Hall–Kier alpha value is -0.650. The molecule has 23 heavy (non-hydrogen) atoms. The van der Waals surface area contributed by atoms with Gasteiger partial charge in [0.1, 0.15) is 0 Å². The van der Waals surface area contributed by atoms with E-state index in [9.17, 15) is 5.11 Å². The van der Waals surface area contributed by atoms with Crippen molar-refractivity contribution in [3.63, 3.8) is 0 Å². The molecule has 130 valence electrons. The van der Waals surface area contributed by atoms with Crippen LogP contribution in [-0.2, 0) is 9.47 Å². The van der Waals surface area contributed by atoms with Gasteiger partial charge in [0.15, 0.2) is 0 Å². The number of hydrogen-bond acceptors (Lipinski definition) is 4. The molecular formula is C18H28ClNO3. The number of hydrogen-bond donors (Lipinski definition) is 1. The number of aliphatic hydroxyl groups excluding tert-OH is 1. The van der Waals surface area contributed by atoms with Gasteiger partial charge in [-0.1, -0.05) is 23.7 Å². The molecule has 2 atom stereocenters. The average molecular weight is 342 g/mol. The number of piperidine rings is 1. The number of nitrogens with zero attached hydrogens (tertiary/aromatic N) is 1. The summed E-state index contributed by atoms with van der Waals surface area (Å²) in [5.41, 5.74) is 1.07. The van der Waals surface area contributed by atoms with E-state index in [1.165, 1.54) is 0 Å². The maximum Gasteiger partial charge on any atom is 0.0900 e. The molecule has 1 N–H and O–H groups in total. The Morgan fingerprint density at radius 3 is 2.52 bits per heavy atom. The molecule has 1 fully saturated rings. The minimum Gasteiger partial charge on any atom is -0.389 e. The third-order valence-corrected chi connectivity index (χ3v) is 4.54. The quantitative estimate of drug-likeness (QED) is 0.788. The summed E-state index contributed by atoms with van der Waals surface area (Å²) in [7, 11) is 0. The van der Waals surface area contributed by atoms with E-state index in [0.29, 0.717) is 19.3 Å². The minimum absolute atomic E-state index is 0.0504. The lowest BCUT2D eigenvalue weighted by Gasteiger charge is -2.33. The first kappa shape index (κ1) is 18.7. The zero-order valence-corrected chi connectivity index (χ0v) is 14.8. The molecule has 1 aromatic rings. The molecule has 1 aliphatic rings. The summed E-state index contributed by atoms with van der Waals surface area (Å²) in [6.07, 6.45) is 1.96. The predicted octanol–water partition coefficient (Wildman–Crippen LogP) is 3.28. The van der Waals surface area contributed by atoms with Gasteiger partial charge in [0, 0.05) is 31.3 Å². The third kappa shape index (κ3) is 6.40. The molecule has 1 aromatic carbocycles. The molecular weight excluding hydrogens is 314 g/mol. The number of rotatable bonds is 8. The van der Waals surface area contributed by atoms with Crippen molar-refractivity contribution in [2.24, 2.45) is 0 Å². The highest BCUT2D eigenvalue weighted by Crippen LogP contribution is 2.20. The fraction of sp³-hybridized carbons (Fsp3) is 0.667. The van der Waals surface area contributed by atoms with E-state index in [4.69, 9.17) is 21.1 Å². The second-order valence-electron chi connectivity index (χ2n) is 6.14. The summed E-state index contributed by atoms with van der Waals surface area (Å²) in [4.78, 5) is 2.29. The van der Waals surface area contributed by atoms with Gasteiger partial charge in [-0.15, -0.1) is 0 Å². The predicted molar refractivity (Wildman–Crippen MR) is 92.9 cm³/mol. The van der Waals surface area contributed by atoms with Crippen LogP contribution in [0.1, 0.15) is 38.4 Å². The molecule has 0 radical (unpaired) electrons. The second-order valence-corrected chi connectivity index (χ2v) is 6.57. The second kappa shape index (κ2) is 9.60. The van der Waals surface area contributed by atoms with Crippen LogP contribution in [0.3, 0.4) is 0 Å². The van der Waals surface area contributed by atoms with E-state index in [2.05, 4.69) is 4.90 Å². The Kier molecular flexibility index (Phi) is 7.80. The highest BCUT2D eigenvalue weighted by Gasteiger charge is 2.21. The number of benzene rings is 1. The maximum absolute atomic E-state index is 10.2. The van der Waals surface area contributed by atoms with Crippen molar-refractivity contribution < 1.29 is 14.6 Å². The first-order valence-corrected chi connectivity index (χ1v) is 8.85. The van der Waals surface area contributed by atoms with Gasteiger partial charge in [-0.3, -0.25) is 0 Å².